The van der Waals surface area contributed by atoms with Crippen molar-refractivity contribution in [3.05, 3.63) is 23.5 Å². The number of hydrogen-bond donors (Lipinski definition) is 1. The lowest BCUT2D eigenvalue weighted by Gasteiger charge is -1.94. The van der Waals surface area contributed by atoms with Gasteiger partial charge in [0.25, 0.3) is 0 Å². The molecule has 0 spiro atoms. The van der Waals surface area contributed by atoms with Crippen LogP contribution in [-0.4, -0.2) is 15.4 Å². The van der Waals surface area contributed by atoms with Crippen molar-refractivity contribution in [3.63, 3.8) is 0 Å². The van der Waals surface area contributed by atoms with Gasteiger partial charge in [-0.3, -0.25) is 0 Å². The van der Waals surface area contributed by atoms with E-state index in [1.54, 1.807) is 0 Å². The SMILES string of the molecule is C1=CCCc2n[nH]nc2CCC1. The molecular weight excluding hydrogens is 150 g/mol. The highest BCUT2D eigenvalue weighted by Crippen LogP contribution is 2.11. The van der Waals surface area contributed by atoms with E-state index in [4.69, 9.17) is 0 Å². The number of aromatic nitrogens is 3. The second-order valence-electron chi connectivity index (χ2n) is 3.12. The molecule has 1 N–H and O–H groups in total. The highest BCUT2D eigenvalue weighted by Gasteiger charge is 2.06. The summed E-state index contributed by atoms with van der Waals surface area (Å²) in [4.78, 5) is 0. The van der Waals surface area contributed by atoms with Crippen LogP contribution in [-0.2, 0) is 12.8 Å². The van der Waals surface area contributed by atoms with Crippen LogP contribution in [0.15, 0.2) is 12.2 Å². The van der Waals surface area contributed by atoms with E-state index in [9.17, 15) is 0 Å². The average Bonchev–Trinajstić information content (AvgIpc) is 2.50. The molecule has 1 aliphatic rings. The van der Waals surface area contributed by atoms with Crippen molar-refractivity contribution in [2.45, 2.75) is 32.1 Å². The smallest absolute Gasteiger partial charge is 0.0859 e. The van der Waals surface area contributed by atoms with Gasteiger partial charge in [0.05, 0.1) is 11.4 Å². The summed E-state index contributed by atoms with van der Waals surface area (Å²) in [5.74, 6) is 0. The molecule has 2 rings (SSSR count). The summed E-state index contributed by atoms with van der Waals surface area (Å²) in [5, 5.41) is 11.0. The first-order chi connectivity index (χ1) is 5.97. The molecule has 3 nitrogen and oxygen atoms in total. The van der Waals surface area contributed by atoms with Crippen molar-refractivity contribution in [1.29, 1.82) is 0 Å². The Balaban J connectivity index is 2.16. The van der Waals surface area contributed by atoms with Crippen LogP contribution in [0.4, 0.5) is 0 Å². The fraction of sp³-hybridized carbons (Fsp3) is 0.556. The summed E-state index contributed by atoms with van der Waals surface area (Å²) in [5.41, 5.74) is 2.32. The lowest BCUT2D eigenvalue weighted by atomic mass is 10.1. The van der Waals surface area contributed by atoms with E-state index in [1.807, 2.05) is 0 Å². The standard InChI is InChI=1S/C9H13N3/c1-2-4-6-8-9(7-5-3-1)11-12-10-8/h1-2H,3-7H2,(H,10,11,12). The third kappa shape index (κ3) is 1.55. The maximum absolute atomic E-state index is 4.14. The fourth-order valence-corrected chi connectivity index (χ4v) is 1.52. The second-order valence-corrected chi connectivity index (χ2v) is 3.12. The molecule has 0 atom stereocenters. The number of allylic oxidation sites excluding steroid dienone is 2. The van der Waals surface area contributed by atoms with E-state index in [0.29, 0.717) is 0 Å². The van der Waals surface area contributed by atoms with Gasteiger partial charge in [0.15, 0.2) is 0 Å². The number of nitrogens with one attached hydrogen (secondary N) is 1. The van der Waals surface area contributed by atoms with Crippen molar-refractivity contribution in [1.82, 2.24) is 15.4 Å². The van der Waals surface area contributed by atoms with Crippen molar-refractivity contribution < 1.29 is 0 Å². The Kier molecular flexibility index (Phi) is 2.21. The van der Waals surface area contributed by atoms with E-state index in [0.717, 1.165) is 25.0 Å². The Morgan fingerprint density at radius 1 is 1.00 bits per heavy atom. The van der Waals surface area contributed by atoms with E-state index in [-0.39, 0.29) is 0 Å². The lowest BCUT2D eigenvalue weighted by molar-refractivity contribution is 0.804. The molecule has 1 aromatic rings. The first-order valence-electron chi connectivity index (χ1n) is 4.50. The zero-order valence-corrected chi connectivity index (χ0v) is 7.08. The van der Waals surface area contributed by atoms with Gasteiger partial charge in [0.2, 0.25) is 0 Å². The predicted octanol–water partition coefficient (Wildman–Crippen LogP) is 1.63. The van der Waals surface area contributed by atoms with Gasteiger partial charge in [0, 0.05) is 0 Å². The minimum atomic E-state index is 1.03. The summed E-state index contributed by atoms with van der Waals surface area (Å²) in [6.07, 6.45) is 10.1. The number of H-pyrrole nitrogens is 1. The van der Waals surface area contributed by atoms with Gasteiger partial charge < -0.3 is 0 Å². The van der Waals surface area contributed by atoms with Crippen LogP contribution in [0.3, 0.4) is 0 Å². The van der Waals surface area contributed by atoms with Gasteiger partial charge in [-0.2, -0.15) is 15.4 Å². The van der Waals surface area contributed by atoms with Crippen LogP contribution in [0.5, 0.6) is 0 Å². The Bertz CT molecular complexity index is 275. The van der Waals surface area contributed by atoms with E-state index in [2.05, 4.69) is 27.6 Å². The summed E-state index contributed by atoms with van der Waals surface area (Å²) in [7, 11) is 0. The molecule has 0 bridgehead atoms. The van der Waals surface area contributed by atoms with E-state index in [1.165, 1.54) is 18.5 Å². The van der Waals surface area contributed by atoms with Crippen LogP contribution in [0.1, 0.15) is 30.7 Å². The minimum absolute atomic E-state index is 1.03. The van der Waals surface area contributed by atoms with Crippen molar-refractivity contribution in [2.24, 2.45) is 0 Å². The first-order valence-corrected chi connectivity index (χ1v) is 4.50. The number of nitrogens with zero attached hydrogens (tertiary/aromatic N) is 2. The molecule has 0 radical (unpaired) electrons. The molecule has 0 saturated carbocycles. The van der Waals surface area contributed by atoms with Crippen LogP contribution < -0.4 is 0 Å². The monoisotopic (exact) mass is 163 g/mol. The first kappa shape index (κ1) is 7.53. The van der Waals surface area contributed by atoms with Crippen molar-refractivity contribution >= 4 is 0 Å². The zero-order chi connectivity index (χ0) is 8.23. The molecule has 12 heavy (non-hydrogen) atoms. The molecule has 0 unspecified atom stereocenters. The molecule has 0 aromatic carbocycles. The predicted molar refractivity (Wildman–Crippen MR) is 46.8 cm³/mol. The molecule has 0 fully saturated rings. The third-order valence-electron chi connectivity index (χ3n) is 2.20. The van der Waals surface area contributed by atoms with Gasteiger partial charge in [-0.25, -0.2) is 0 Å². The normalized spacial score (nSPS) is 17.7. The molecule has 1 aliphatic carbocycles. The van der Waals surface area contributed by atoms with Crippen LogP contribution in [0.25, 0.3) is 0 Å². The number of rotatable bonds is 0. The summed E-state index contributed by atoms with van der Waals surface area (Å²) < 4.78 is 0. The molecule has 1 aromatic heterocycles. The number of hydrogen-bond acceptors (Lipinski definition) is 2. The van der Waals surface area contributed by atoms with Gasteiger partial charge in [-0.15, -0.1) is 0 Å². The Morgan fingerprint density at radius 2 is 1.75 bits per heavy atom. The summed E-state index contributed by atoms with van der Waals surface area (Å²) in [6.45, 7) is 0. The zero-order valence-electron chi connectivity index (χ0n) is 7.08. The summed E-state index contributed by atoms with van der Waals surface area (Å²) in [6, 6.07) is 0. The lowest BCUT2D eigenvalue weighted by Crippen LogP contribution is -1.91. The number of aromatic amines is 1. The minimum Gasteiger partial charge on any atom is -0.197 e. The molecule has 1 heterocycles. The highest BCUT2D eigenvalue weighted by atomic mass is 15.3. The van der Waals surface area contributed by atoms with Gasteiger partial charge in [0.1, 0.15) is 0 Å². The molecule has 0 aliphatic heterocycles. The van der Waals surface area contributed by atoms with Crippen molar-refractivity contribution in [2.75, 3.05) is 0 Å². The molecule has 0 saturated heterocycles. The molecular formula is C9H13N3. The van der Waals surface area contributed by atoms with Gasteiger partial charge in [-0.1, -0.05) is 12.2 Å². The van der Waals surface area contributed by atoms with E-state index >= 15 is 0 Å². The topological polar surface area (TPSA) is 41.6 Å². The van der Waals surface area contributed by atoms with Crippen LogP contribution in [0.2, 0.25) is 0 Å². The van der Waals surface area contributed by atoms with Crippen molar-refractivity contribution in [3.8, 4) is 0 Å². The number of aryl methyl sites for hydroxylation is 2. The maximum Gasteiger partial charge on any atom is 0.0859 e. The third-order valence-corrected chi connectivity index (χ3v) is 2.20. The Hall–Kier alpha value is -1.12. The Morgan fingerprint density at radius 3 is 2.67 bits per heavy atom. The fourth-order valence-electron chi connectivity index (χ4n) is 1.52. The second kappa shape index (κ2) is 3.52. The number of fused-ring (bicyclic) bond motifs is 1. The van der Waals surface area contributed by atoms with E-state index < -0.39 is 0 Å². The summed E-state index contributed by atoms with van der Waals surface area (Å²) >= 11 is 0. The maximum atomic E-state index is 4.14. The van der Waals surface area contributed by atoms with Gasteiger partial charge >= 0.3 is 0 Å². The van der Waals surface area contributed by atoms with Crippen LogP contribution >= 0.6 is 0 Å². The highest BCUT2D eigenvalue weighted by molar-refractivity contribution is 5.10. The van der Waals surface area contributed by atoms with Crippen LogP contribution in [0, 0.1) is 0 Å². The average molecular weight is 163 g/mol. The molecule has 64 valence electrons. The molecule has 0 amide bonds. The molecule has 3 heteroatoms. The quantitative estimate of drug-likeness (QED) is 0.590. The largest absolute Gasteiger partial charge is 0.197 e. The Labute approximate surface area is 71.9 Å². The van der Waals surface area contributed by atoms with Gasteiger partial charge in [-0.05, 0) is 32.1 Å².